The van der Waals surface area contributed by atoms with E-state index in [2.05, 4.69) is 52.0 Å². The Morgan fingerprint density at radius 3 is 0.692 bits per heavy atom. The number of hydrogen-bond acceptors (Lipinski definition) is 20. The maximum atomic E-state index is 6.56. The fourth-order valence-electron chi connectivity index (χ4n) is 7.80. The van der Waals surface area contributed by atoms with Crippen LogP contribution in [0.4, 0.5) is 0 Å². The molecule has 0 bridgehead atoms. The van der Waals surface area contributed by atoms with Crippen LogP contribution in [0.2, 0.25) is 0 Å². The van der Waals surface area contributed by atoms with E-state index in [1.807, 2.05) is 122 Å². The first kappa shape index (κ1) is 81.2. The highest BCUT2D eigenvalue weighted by molar-refractivity contribution is 9.39. The molecule has 478 valence electrons. The molecule has 0 saturated carbocycles. The van der Waals surface area contributed by atoms with Crippen LogP contribution < -0.4 is 0 Å². The van der Waals surface area contributed by atoms with Crippen LogP contribution in [0.3, 0.4) is 0 Å². The van der Waals surface area contributed by atoms with E-state index in [1.54, 1.807) is 0 Å². The van der Waals surface area contributed by atoms with E-state index < -0.39 is 105 Å². The normalized spacial score (nSPS) is 18.7. The van der Waals surface area contributed by atoms with E-state index in [4.69, 9.17) is 99.8 Å². The minimum absolute atomic E-state index is 0.261. The highest BCUT2D eigenvalue weighted by atomic mass is 33.8. The molecule has 0 aliphatic carbocycles. The van der Waals surface area contributed by atoms with Crippen molar-refractivity contribution in [2.24, 2.45) is 0 Å². The van der Waals surface area contributed by atoms with Gasteiger partial charge in [-0.3, -0.25) is 0 Å². The van der Waals surface area contributed by atoms with Gasteiger partial charge in [-0.1, -0.05) is 125 Å². The van der Waals surface area contributed by atoms with Gasteiger partial charge in [-0.05, 0) is 154 Å². The van der Waals surface area contributed by atoms with Gasteiger partial charge < -0.3 is 53.1 Å². The van der Waals surface area contributed by atoms with Crippen molar-refractivity contribution < 1.29 is 53.1 Å². The molecule has 78 heavy (non-hydrogen) atoms. The van der Waals surface area contributed by atoms with Crippen LogP contribution in [-0.2, 0) is 53.1 Å². The van der Waals surface area contributed by atoms with Crippen molar-refractivity contribution in [2.75, 3.05) is 114 Å². The Bertz CT molecular complexity index is 1450. The van der Waals surface area contributed by atoms with Gasteiger partial charge in [0.2, 0.25) is 0 Å². The molecule has 32 heteroatoms. The first-order valence-electron chi connectivity index (χ1n) is 28.0. The maximum absolute atomic E-state index is 6.56. The van der Waals surface area contributed by atoms with Crippen LogP contribution in [0.1, 0.15) is 158 Å². The lowest BCUT2D eigenvalue weighted by molar-refractivity contribution is 0.0961. The zero-order valence-electron chi connectivity index (χ0n) is 49.9. The van der Waals surface area contributed by atoms with Gasteiger partial charge in [-0.25, -0.2) is 0 Å². The second kappa shape index (κ2) is 47.2. The van der Waals surface area contributed by atoms with Gasteiger partial charge in [-0.2, -0.15) is 39.7 Å². The third-order valence-corrected chi connectivity index (χ3v) is 96.4. The largest absolute Gasteiger partial charge is 0.572 e. The number of hydrogen-bond donors (Lipinski definition) is 12. The summed E-state index contributed by atoms with van der Waals surface area (Å²) < 4.78 is 78.4. The van der Waals surface area contributed by atoms with E-state index in [0.717, 1.165) is 60.2 Å². The monoisotopic (exact) mass is 1480 g/mol. The lowest BCUT2D eigenvalue weighted by Crippen LogP contribution is -2.44. The zero-order chi connectivity index (χ0) is 58.6. The molecule has 10 unspecified atom stereocenters. The minimum atomic E-state index is -3.12. The van der Waals surface area contributed by atoms with Gasteiger partial charge in [-0.15, -0.1) is 46.6 Å². The molecule has 0 fully saturated rings. The predicted octanol–water partition coefficient (Wildman–Crippen LogP) is 17.2. The van der Waals surface area contributed by atoms with Crippen molar-refractivity contribution in [3.05, 3.63) is 35.4 Å². The van der Waals surface area contributed by atoms with E-state index in [1.165, 1.54) is 11.1 Å². The topological polar surface area (TPSA) is 111 Å². The number of rotatable bonds is 52. The molecular weight excluding hydrogens is 1370 g/mol. The minimum Gasteiger partial charge on any atom is -0.366 e. The SMILES string of the molecule is CCC[SH](CC(c1ccc(C(C[SH](CCC)S[SH](S)[Si](OCC)(OCC)OCC)[SH](CCC)S[SH](S)[Si](OCC)(OCC)OCC)cc1)[SH](CCC)S[SH](S)[Si](OCC)(OCC)OCC)S[SH](S)[Si](OCC)(OCC)OCC. The molecule has 0 aliphatic rings. The van der Waals surface area contributed by atoms with Gasteiger partial charge in [0.15, 0.2) is 0 Å². The van der Waals surface area contributed by atoms with Gasteiger partial charge in [0, 0.05) is 89.8 Å². The highest BCUT2D eigenvalue weighted by Crippen LogP contribution is 2.74. The summed E-state index contributed by atoms with van der Waals surface area (Å²) >= 11 is 21.7. The molecule has 1 aromatic carbocycles. The van der Waals surface area contributed by atoms with Gasteiger partial charge in [0.1, 0.15) is 0 Å². The fraction of sp³-hybridized carbons (Fsp3) is 0.870. The Kier molecular flexibility index (Phi) is 49.1. The molecule has 0 spiro atoms. The third-order valence-electron chi connectivity index (χ3n) is 10.6. The Hall–Kier alpha value is 5.21. The molecular formula is C46H110O12S16Si4. The molecule has 0 N–H and O–H groups in total. The summed E-state index contributed by atoms with van der Waals surface area (Å²) in [5.74, 6) is 6.41. The Morgan fingerprint density at radius 1 is 0.321 bits per heavy atom. The molecule has 12 nitrogen and oxygen atoms in total. The van der Waals surface area contributed by atoms with Gasteiger partial charge >= 0.3 is 31.8 Å². The summed E-state index contributed by atoms with van der Waals surface area (Å²) in [7, 11) is -11.2. The Labute approximate surface area is 534 Å². The molecule has 1 aromatic rings. The first-order valence-corrected chi connectivity index (χ1v) is 63.0. The van der Waals surface area contributed by atoms with E-state index in [9.17, 15) is 0 Å². The molecule has 0 heterocycles. The summed E-state index contributed by atoms with van der Waals surface area (Å²) in [6.45, 7) is 39.9. The molecule has 10 atom stereocenters. The smallest absolute Gasteiger partial charge is 0.366 e. The van der Waals surface area contributed by atoms with E-state index >= 15 is 0 Å². The summed E-state index contributed by atoms with van der Waals surface area (Å²) in [6.07, 6.45) is 4.26. The highest BCUT2D eigenvalue weighted by Gasteiger charge is 2.52. The van der Waals surface area contributed by atoms with E-state index in [0.29, 0.717) is 79.3 Å². The summed E-state index contributed by atoms with van der Waals surface area (Å²) in [6, 6.07) is 9.93. The molecule has 1 rings (SSSR count). The second-order valence-corrected chi connectivity index (χ2v) is 80.8. The third kappa shape index (κ3) is 27.0. The summed E-state index contributed by atoms with van der Waals surface area (Å²) in [5, 5.41) is 0.522. The summed E-state index contributed by atoms with van der Waals surface area (Å²) in [5.41, 5.74) is 2.75. The molecule has 0 aliphatic heterocycles. The maximum Gasteiger partial charge on any atom is 0.572 e. The average Bonchev–Trinajstić information content (AvgIpc) is 3.40. The lowest BCUT2D eigenvalue weighted by Gasteiger charge is -2.42. The van der Waals surface area contributed by atoms with Crippen LogP contribution in [0.15, 0.2) is 24.3 Å². The fourth-order valence-corrected chi connectivity index (χ4v) is 107. The van der Waals surface area contributed by atoms with Crippen molar-refractivity contribution in [2.45, 2.75) is 147 Å². The van der Waals surface area contributed by atoms with Crippen molar-refractivity contribution in [3.63, 3.8) is 0 Å². The van der Waals surface area contributed by atoms with Gasteiger partial charge in [0.25, 0.3) is 0 Å². The van der Waals surface area contributed by atoms with Crippen LogP contribution >= 0.6 is 159 Å². The lowest BCUT2D eigenvalue weighted by atomic mass is 10.1. The van der Waals surface area contributed by atoms with Crippen LogP contribution in [0, 0.1) is 0 Å². The summed E-state index contributed by atoms with van der Waals surface area (Å²) in [4.78, 5) is 0. The molecule has 0 amide bonds. The molecule has 0 radical (unpaired) electrons. The van der Waals surface area contributed by atoms with Crippen LogP contribution in [0.5, 0.6) is 0 Å². The molecule has 0 aromatic heterocycles. The van der Waals surface area contributed by atoms with Gasteiger partial charge in [0.05, 0.1) is 0 Å². The van der Waals surface area contributed by atoms with E-state index in [-0.39, 0.29) is 10.5 Å². The zero-order valence-corrected chi connectivity index (χ0v) is 67.9. The molecule has 0 saturated heterocycles. The average molecular weight is 1480 g/mol. The van der Waals surface area contributed by atoms with Crippen molar-refractivity contribution in [1.82, 2.24) is 0 Å². The van der Waals surface area contributed by atoms with Crippen molar-refractivity contribution in [3.8, 4) is 0 Å². The second-order valence-electron chi connectivity index (χ2n) is 16.5. The van der Waals surface area contributed by atoms with Crippen LogP contribution in [-0.4, -0.2) is 146 Å². The number of thiol groups is 12. The van der Waals surface area contributed by atoms with Crippen LogP contribution in [0.25, 0.3) is 0 Å². The number of benzene rings is 1. The quantitative estimate of drug-likeness (QED) is 0.0173. The van der Waals surface area contributed by atoms with Crippen molar-refractivity contribution >= 4 is 191 Å². The Balaban J connectivity index is 4.41. The first-order chi connectivity index (χ1) is 37.5. The van der Waals surface area contributed by atoms with Crippen molar-refractivity contribution in [1.29, 1.82) is 0 Å². The Morgan fingerprint density at radius 2 is 0.513 bits per heavy atom. The standard InChI is InChI=1S/C46H110O12S16Si4/c1-17-37-67(63-71(59)75(47-21-5,48-22-6)49-23-7)41-45(69(39-19-3)65-73(61)77(53-27-11,54-28-12)55-29-13)43-33-35-44(36-34-43)46(70(40-20-4)66-74(62)78(56-30-14,57-31-15)58-32-16)42-68(38-18-2)64-72(60)76(50-24-8,51-25-9)52-26-10/h33-36,45-46,59-62,67-74H,17-32,37-42H2,1-16H3. The predicted molar refractivity (Wildman–Crippen MR) is 403 cm³/mol.